The molecule has 0 aliphatic carbocycles. The molecule has 1 heterocycles. The Morgan fingerprint density at radius 1 is 1.50 bits per heavy atom. The topological polar surface area (TPSA) is 59.2 Å². The number of pyridine rings is 1. The zero-order chi connectivity index (χ0) is 13.5. The summed E-state index contributed by atoms with van der Waals surface area (Å²) in [4.78, 5) is 18.1. The monoisotopic (exact) mass is 249 g/mol. The summed E-state index contributed by atoms with van der Waals surface area (Å²) in [6.07, 6.45) is 5.17. The maximum Gasteiger partial charge on any atom is 0.240 e. The standard InChI is InChI=1S/C14H23N3O/c1-4-6-13(15)14(18)17(11(2)3)10-12-7-5-8-16-9-12/h5,7-9,11,13H,4,6,10,15H2,1-3H3/t13-/m1/s1. The highest BCUT2D eigenvalue weighted by Crippen LogP contribution is 2.10. The van der Waals surface area contributed by atoms with Crippen molar-refractivity contribution in [2.45, 2.75) is 52.2 Å². The van der Waals surface area contributed by atoms with Crippen LogP contribution in [0.15, 0.2) is 24.5 Å². The van der Waals surface area contributed by atoms with Crippen LogP contribution in [0.4, 0.5) is 0 Å². The molecule has 0 bridgehead atoms. The number of nitrogens with two attached hydrogens (primary N) is 1. The third kappa shape index (κ3) is 4.11. The molecule has 0 saturated heterocycles. The van der Waals surface area contributed by atoms with Crippen LogP contribution < -0.4 is 5.73 Å². The SMILES string of the molecule is CCC[C@@H](N)C(=O)N(Cc1cccnc1)C(C)C. The van der Waals surface area contributed by atoms with Crippen molar-refractivity contribution in [2.24, 2.45) is 5.73 Å². The molecule has 1 aromatic heterocycles. The Hall–Kier alpha value is -1.42. The Morgan fingerprint density at radius 2 is 2.22 bits per heavy atom. The third-order valence-corrected chi connectivity index (χ3v) is 2.90. The zero-order valence-corrected chi connectivity index (χ0v) is 11.5. The number of rotatable bonds is 6. The van der Waals surface area contributed by atoms with Crippen LogP contribution in [-0.2, 0) is 11.3 Å². The first-order valence-electron chi connectivity index (χ1n) is 6.51. The van der Waals surface area contributed by atoms with Gasteiger partial charge in [-0.1, -0.05) is 19.4 Å². The lowest BCUT2D eigenvalue weighted by molar-refractivity contribution is -0.135. The fourth-order valence-corrected chi connectivity index (χ4v) is 1.85. The highest BCUT2D eigenvalue weighted by Gasteiger charge is 2.22. The van der Waals surface area contributed by atoms with Gasteiger partial charge in [0.25, 0.3) is 0 Å². The van der Waals surface area contributed by atoms with E-state index in [2.05, 4.69) is 4.98 Å². The van der Waals surface area contributed by atoms with Gasteiger partial charge in [-0.2, -0.15) is 0 Å². The lowest BCUT2D eigenvalue weighted by Crippen LogP contribution is -2.46. The summed E-state index contributed by atoms with van der Waals surface area (Å²) >= 11 is 0. The molecule has 2 N–H and O–H groups in total. The normalized spacial score (nSPS) is 12.5. The van der Waals surface area contributed by atoms with Crippen LogP contribution >= 0.6 is 0 Å². The first-order chi connectivity index (χ1) is 8.56. The average Bonchev–Trinajstić information content (AvgIpc) is 2.36. The van der Waals surface area contributed by atoms with Crippen molar-refractivity contribution in [1.82, 2.24) is 9.88 Å². The van der Waals surface area contributed by atoms with E-state index in [1.54, 1.807) is 12.4 Å². The number of carbonyl (C=O) groups excluding carboxylic acids is 1. The van der Waals surface area contributed by atoms with E-state index < -0.39 is 6.04 Å². The summed E-state index contributed by atoms with van der Waals surface area (Å²) in [7, 11) is 0. The van der Waals surface area contributed by atoms with Crippen molar-refractivity contribution >= 4 is 5.91 Å². The van der Waals surface area contributed by atoms with Gasteiger partial charge in [0, 0.05) is 25.0 Å². The quantitative estimate of drug-likeness (QED) is 0.838. The van der Waals surface area contributed by atoms with Crippen LogP contribution in [0.2, 0.25) is 0 Å². The number of hydrogen-bond acceptors (Lipinski definition) is 3. The molecule has 0 aliphatic heterocycles. The van der Waals surface area contributed by atoms with Crippen LogP contribution in [0.1, 0.15) is 39.2 Å². The maximum atomic E-state index is 12.3. The van der Waals surface area contributed by atoms with Gasteiger partial charge in [-0.25, -0.2) is 0 Å². The van der Waals surface area contributed by atoms with Crippen molar-refractivity contribution < 1.29 is 4.79 Å². The molecular weight excluding hydrogens is 226 g/mol. The van der Waals surface area contributed by atoms with Gasteiger partial charge in [0.05, 0.1) is 6.04 Å². The summed E-state index contributed by atoms with van der Waals surface area (Å²) in [5.74, 6) is 0.0238. The fourth-order valence-electron chi connectivity index (χ4n) is 1.85. The molecule has 0 saturated carbocycles. The number of nitrogens with zero attached hydrogens (tertiary/aromatic N) is 2. The van der Waals surface area contributed by atoms with E-state index in [9.17, 15) is 4.79 Å². The molecule has 0 fully saturated rings. The van der Waals surface area contributed by atoms with Gasteiger partial charge in [0.1, 0.15) is 0 Å². The number of carbonyl (C=O) groups is 1. The van der Waals surface area contributed by atoms with Crippen molar-refractivity contribution in [3.8, 4) is 0 Å². The molecule has 0 aliphatic rings. The minimum Gasteiger partial charge on any atom is -0.335 e. The van der Waals surface area contributed by atoms with E-state index in [1.807, 2.05) is 37.8 Å². The van der Waals surface area contributed by atoms with E-state index >= 15 is 0 Å². The lowest BCUT2D eigenvalue weighted by atomic mass is 10.1. The first-order valence-corrected chi connectivity index (χ1v) is 6.51. The van der Waals surface area contributed by atoms with Crippen molar-refractivity contribution in [3.05, 3.63) is 30.1 Å². The maximum absolute atomic E-state index is 12.3. The molecule has 0 spiro atoms. The Morgan fingerprint density at radius 3 is 2.72 bits per heavy atom. The molecule has 100 valence electrons. The second-order valence-electron chi connectivity index (χ2n) is 4.82. The smallest absolute Gasteiger partial charge is 0.240 e. The summed E-state index contributed by atoms with van der Waals surface area (Å²) in [5.41, 5.74) is 6.94. The average molecular weight is 249 g/mol. The number of hydrogen-bond donors (Lipinski definition) is 1. The van der Waals surface area contributed by atoms with Crippen LogP contribution in [0.5, 0.6) is 0 Å². The molecule has 0 radical (unpaired) electrons. The summed E-state index contributed by atoms with van der Waals surface area (Å²) in [6.45, 7) is 6.62. The predicted molar refractivity (Wildman–Crippen MR) is 72.8 cm³/mol. The molecule has 1 amide bonds. The molecule has 1 atom stereocenters. The van der Waals surface area contributed by atoms with Gasteiger partial charge in [-0.15, -0.1) is 0 Å². The number of amides is 1. The highest BCUT2D eigenvalue weighted by molar-refractivity contribution is 5.81. The van der Waals surface area contributed by atoms with Gasteiger partial charge < -0.3 is 10.6 Å². The molecule has 4 nitrogen and oxygen atoms in total. The van der Waals surface area contributed by atoms with Crippen LogP contribution in [0.25, 0.3) is 0 Å². The number of aromatic nitrogens is 1. The first kappa shape index (κ1) is 14.6. The fraction of sp³-hybridized carbons (Fsp3) is 0.571. The van der Waals surface area contributed by atoms with Crippen molar-refractivity contribution in [3.63, 3.8) is 0 Å². The summed E-state index contributed by atoms with van der Waals surface area (Å²) in [5, 5.41) is 0. The second kappa shape index (κ2) is 7.11. The summed E-state index contributed by atoms with van der Waals surface area (Å²) in [6, 6.07) is 3.60. The molecule has 1 aromatic rings. The predicted octanol–water partition coefficient (Wildman–Crippen LogP) is 1.95. The molecule has 4 heteroatoms. The largest absolute Gasteiger partial charge is 0.335 e. The van der Waals surface area contributed by atoms with Gasteiger partial charge in [0.2, 0.25) is 5.91 Å². The van der Waals surface area contributed by atoms with Gasteiger partial charge >= 0.3 is 0 Å². The Kier molecular flexibility index (Phi) is 5.78. The van der Waals surface area contributed by atoms with Crippen LogP contribution in [-0.4, -0.2) is 27.9 Å². The van der Waals surface area contributed by atoms with Crippen LogP contribution in [0, 0.1) is 0 Å². The van der Waals surface area contributed by atoms with E-state index in [0.29, 0.717) is 6.54 Å². The molecule has 0 unspecified atom stereocenters. The Labute approximate surface area is 109 Å². The lowest BCUT2D eigenvalue weighted by Gasteiger charge is -2.29. The molecule has 1 rings (SSSR count). The highest BCUT2D eigenvalue weighted by atomic mass is 16.2. The third-order valence-electron chi connectivity index (χ3n) is 2.90. The Bertz CT molecular complexity index is 365. The van der Waals surface area contributed by atoms with E-state index in [-0.39, 0.29) is 11.9 Å². The Balaban J connectivity index is 2.74. The zero-order valence-electron chi connectivity index (χ0n) is 11.5. The van der Waals surface area contributed by atoms with Gasteiger partial charge in [0.15, 0.2) is 0 Å². The second-order valence-corrected chi connectivity index (χ2v) is 4.82. The molecule has 18 heavy (non-hydrogen) atoms. The van der Waals surface area contributed by atoms with Crippen molar-refractivity contribution in [1.29, 1.82) is 0 Å². The molecule has 0 aromatic carbocycles. The minimum absolute atomic E-state index is 0.0238. The van der Waals surface area contributed by atoms with Crippen LogP contribution in [0.3, 0.4) is 0 Å². The minimum atomic E-state index is -0.394. The van der Waals surface area contributed by atoms with E-state index in [1.165, 1.54) is 0 Å². The summed E-state index contributed by atoms with van der Waals surface area (Å²) < 4.78 is 0. The van der Waals surface area contributed by atoms with E-state index in [4.69, 9.17) is 5.73 Å². The van der Waals surface area contributed by atoms with Gasteiger partial charge in [-0.05, 0) is 31.9 Å². The molecular formula is C14H23N3O. The van der Waals surface area contributed by atoms with E-state index in [0.717, 1.165) is 18.4 Å². The van der Waals surface area contributed by atoms with Gasteiger partial charge in [-0.3, -0.25) is 9.78 Å². The van der Waals surface area contributed by atoms with Crippen molar-refractivity contribution in [2.75, 3.05) is 0 Å².